The molecule has 1 aromatic heterocycles. The first-order valence-electron chi connectivity index (χ1n) is 6.65. The monoisotopic (exact) mass is 272 g/mol. The minimum absolute atomic E-state index is 0.0303. The zero-order valence-electron chi connectivity index (χ0n) is 12.1. The van der Waals surface area contributed by atoms with E-state index in [0.717, 1.165) is 11.3 Å². The molecular formula is C15H20N4O. The topological polar surface area (TPSA) is 59.0 Å². The Bertz CT molecular complexity index is 578. The maximum Gasteiger partial charge on any atom is 0.253 e. The van der Waals surface area contributed by atoms with E-state index in [1.807, 2.05) is 49.9 Å². The van der Waals surface area contributed by atoms with Crippen LogP contribution in [-0.2, 0) is 6.54 Å². The van der Waals surface area contributed by atoms with Crippen molar-refractivity contribution in [2.24, 2.45) is 0 Å². The number of aryl methyl sites for hydroxylation is 1. The highest BCUT2D eigenvalue weighted by Gasteiger charge is 2.13. The summed E-state index contributed by atoms with van der Waals surface area (Å²) in [6.45, 7) is 4.68. The number of hydrogen-bond acceptors (Lipinski definition) is 3. The Hall–Kier alpha value is -2.30. The lowest BCUT2D eigenvalue weighted by molar-refractivity contribution is 0.0937. The van der Waals surface area contributed by atoms with Crippen molar-refractivity contribution >= 4 is 11.6 Å². The maximum atomic E-state index is 12.3. The molecule has 2 rings (SSSR count). The summed E-state index contributed by atoms with van der Waals surface area (Å²) in [6.07, 6.45) is 5.36. The number of carbonyl (C=O) groups is 1. The molecule has 0 bridgehead atoms. The molecule has 0 aliphatic rings. The highest BCUT2D eigenvalue weighted by atomic mass is 16.1. The third kappa shape index (κ3) is 3.38. The quantitative estimate of drug-likeness (QED) is 0.876. The molecule has 1 atom stereocenters. The largest absolute Gasteiger partial charge is 0.387 e. The number of nitrogens with zero attached hydrogens (tertiary/aromatic N) is 2. The van der Waals surface area contributed by atoms with Crippen LogP contribution in [0.15, 0.2) is 36.9 Å². The second kappa shape index (κ2) is 6.23. The van der Waals surface area contributed by atoms with E-state index in [9.17, 15) is 4.79 Å². The van der Waals surface area contributed by atoms with E-state index in [4.69, 9.17) is 0 Å². The van der Waals surface area contributed by atoms with E-state index in [0.29, 0.717) is 12.1 Å². The third-order valence-corrected chi connectivity index (χ3v) is 3.11. The molecule has 1 unspecified atom stereocenters. The number of amides is 1. The second-order valence-corrected chi connectivity index (χ2v) is 4.93. The molecule has 1 heterocycles. The van der Waals surface area contributed by atoms with Crippen LogP contribution in [0.3, 0.4) is 0 Å². The summed E-state index contributed by atoms with van der Waals surface area (Å²) in [5.74, 6) is -0.0676. The van der Waals surface area contributed by atoms with Gasteiger partial charge in [-0.1, -0.05) is 6.07 Å². The molecule has 0 saturated carbocycles. The maximum absolute atomic E-state index is 12.3. The van der Waals surface area contributed by atoms with Gasteiger partial charge in [0, 0.05) is 37.7 Å². The van der Waals surface area contributed by atoms with E-state index in [1.165, 1.54) is 0 Å². The number of aromatic nitrogens is 2. The number of carbonyl (C=O) groups excluding carboxylic acids is 1. The van der Waals surface area contributed by atoms with Crippen molar-refractivity contribution in [2.75, 3.05) is 12.4 Å². The van der Waals surface area contributed by atoms with Crippen molar-refractivity contribution in [3.63, 3.8) is 0 Å². The smallest absolute Gasteiger partial charge is 0.253 e. The van der Waals surface area contributed by atoms with Gasteiger partial charge in [-0.25, -0.2) is 4.98 Å². The highest BCUT2D eigenvalue weighted by molar-refractivity contribution is 5.99. The van der Waals surface area contributed by atoms with Gasteiger partial charge in [0.2, 0.25) is 0 Å². The van der Waals surface area contributed by atoms with Crippen LogP contribution >= 0.6 is 0 Å². The number of hydrogen-bond donors (Lipinski definition) is 2. The zero-order valence-corrected chi connectivity index (χ0v) is 12.1. The summed E-state index contributed by atoms with van der Waals surface area (Å²) in [5.41, 5.74) is 2.63. The third-order valence-electron chi connectivity index (χ3n) is 3.11. The normalized spacial score (nSPS) is 11.9. The number of anilines is 1. The lowest BCUT2D eigenvalue weighted by Crippen LogP contribution is -2.35. The van der Waals surface area contributed by atoms with Crippen molar-refractivity contribution in [1.29, 1.82) is 0 Å². The van der Waals surface area contributed by atoms with E-state index >= 15 is 0 Å². The number of benzene rings is 1. The lowest BCUT2D eigenvalue weighted by atomic mass is 10.1. The van der Waals surface area contributed by atoms with Crippen molar-refractivity contribution in [3.8, 4) is 0 Å². The molecule has 0 aliphatic carbocycles. The van der Waals surface area contributed by atoms with Gasteiger partial charge in [0.1, 0.15) is 0 Å². The van der Waals surface area contributed by atoms with Crippen LogP contribution in [0.2, 0.25) is 0 Å². The first-order valence-corrected chi connectivity index (χ1v) is 6.65. The van der Waals surface area contributed by atoms with Crippen LogP contribution in [0.5, 0.6) is 0 Å². The molecule has 0 aliphatic heterocycles. The lowest BCUT2D eigenvalue weighted by Gasteiger charge is -2.16. The van der Waals surface area contributed by atoms with Gasteiger partial charge in [-0.2, -0.15) is 0 Å². The minimum atomic E-state index is -0.0676. The SMILES string of the molecule is CNc1cc(C)ccc1C(=O)NC(C)Cn1ccnc1. The Kier molecular flexibility index (Phi) is 4.40. The van der Waals surface area contributed by atoms with Crippen LogP contribution in [0, 0.1) is 6.92 Å². The summed E-state index contributed by atoms with van der Waals surface area (Å²) in [4.78, 5) is 16.3. The fourth-order valence-electron chi connectivity index (χ4n) is 2.12. The van der Waals surface area contributed by atoms with Gasteiger partial charge >= 0.3 is 0 Å². The molecule has 2 N–H and O–H groups in total. The molecule has 0 saturated heterocycles. The van der Waals surface area contributed by atoms with Gasteiger partial charge in [-0.3, -0.25) is 4.79 Å². The number of nitrogens with one attached hydrogen (secondary N) is 2. The predicted octanol–water partition coefficient (Wildman–Crippen LogP) is 2.05. The number of imidazole rings is 1. The van der Waals surface area contributed by atoms with E-state index < -0.39 is 0 Å². The Morgan fingerprint density at radius 3 is 2.90 bits per heavy atom. The second-order valence-electron chi connectivity index (χ2n) is 4.93. The van der Waals surface area contributed by atoms with Gasteiger partial charge in [0.15, 0.2) is 0 Å². The Labute approximate surface area is 119 Å². The molecule has 1 amide bonds. The van der Waals surface area contributed by atoms with Gasteiger partial charge in [0.25, 0.3) is 5.91 Å². The summed E-state index contributed by atoms with van der Waals surface area (Å²) in [6, 6.07) is 5.79. The van der Waals surface area contributed by atoms with Crippen molar-refractivity contribution < 1.29 is 4.79 Å². The molecular weight excluding hydrogens is 252 g/mol. The highest BCUT2D eigenvalue weighted by Crippen LogP contribution is 2.17. The average molecular weight is 272 g/mol. The number of rotatable bonds is 5. The van der Waals surface area contributed by atoms with Crippen molar-refractivity contribution in [3.05, 3.63) is 48.0 Å². The minimum Gasteiger partial charge on any atom is -0.387 e. The van der Waals surface area contributed by atoms with E-state index in [2.05, 4.69) is 15.6 Å². The van der Waals surface area contributed by atoms with Gasteiger partial charge in [-0.15, -0.1) is 0 Å². The van der Waals surface area contributed by atoms with Crippen molar-refractivity contribution in [2.45, 2.75) is 26.4 Å². The van der Waals surface area contributed by atoms with Gasteiger partial charge < -0.3 is 15.2 Å². The zero-order chi connectivity index (χ0) is 14.5. The van der Waals surface area contributed by atoms with E-state index in [-0.39, 0.29) is 11.9 Å². The molecule has 0 spiro atoms. The van der Waals surface area contributed by atoms with Crippen LogP contribution in [0.1, 0.15) is 22.8 Å². The predicted molar refractivity (Wildman–Crippen MR) is 79.9 cm³/mol. The fourth-order valence-corrected chi connectivity index (χ4v) is 2.12. The van der Waals surface area contributed by atoms with E-state index in [1.54, 1.807) is 12.5 Å². The van der Waals surface area contributed by atoms with Crippen molar-refractivity contribution in [1.82, 2.24) is 14.9 Å². The molecule has 1 aromatic carbocycles. The Balaban J connectivity index is 2.04. The fraction of sp³-hybridized carbons (Fsp3) is 0.333. The van der Waals surface area contributed by atoms with Gasteiger partial charge in [-0.05, 0) is 31.5 Å². The Morgan fingerprint density at radius 2 is 2.25 bits per heavy atom. The Morgan fingerprint density at radius 1 is 1.45 bits per heavy atom. The molecule has 106 valence electrons. The summed E-state index contributed by atoms with van der Waals surface area (Å²) < 4.78 is 1.94. The first kappa shape index (κ1) is 14.1. The molecule has 0 radical (unpaired) electrons. The molecule has 20 heavy (non-hydrogen) atoms. The first-order chi connectivity index (χ1) is 9.60. The summed E-state index contributed by atoms with van der Waals surface area (Å²) in [7, 11) is 1.82. The molecule has 2 aromatic rings. The van der Waals surface area contributed by atoms with Crippen LogP contribution in [0.25, 0.3) is 0 Å². The van der Waals surface area contributed by atoms with Crippen LogP contribution < -0.4 is 10.6 Å². The van der Waals surface area contributed by atoms with Crippen LogP contribution in [-0.4, -0.2) is 28.5 Å². The summed E-state index contributed by atoms with van der Waals surface area (Å²) in [5, 5.41) is 6.06. The van der Waals surface area contributed by atoms with Gasteiger partial charge in [0.05, 0.1) is 11.9 Å². The molecule has 5 heteroatoms. The average Bonchev–Trinajstić information content (AvgIpc) is 2.90. The van der Waals surface area contributed by atoms with Crippen LogP contribution in [0.4, 0.5) is 5.69 Å². The molecule has 0 fully saturated rings. The summed E-state index contributed by atoms with van der Waals surface area (Å²) >= 11 is 0. The molecule has 5 nitrogen and oxygen atoms in total. The standard InChI is InChI=1S/C15H20N4O/c1-11-4-5-13(14(8-11)16-3)15(20)18-12(2)9-19-7-6-17-10-19/h4-8,10,12,16H,9H2,1-3H3,(H,18,20).